The van der Waals surface area contributed by atoms with Crippen LogP contribution in [0.2, 0.25) is 3.93 Å². The molecule has 120 valence electrons. The molecule has 0 aromatic carbocycles. The number of unbranched alkanes of at least 4 members (excludes halogenated alkanes) is 15. The normalized spacial score (nSPS) is 10.3. The molecule has 0 fully saturated rings. The molecule has 0 amide bonds. The zero-order valence-electron chi connectivity index (χ0n) is 14.7. The number of hydrogen-bond acceptors (Lipinski definition) is 1. The van der Waals surface area contributed by atoms with Crippen LogP contribution in [0.1, 0.15) is 110 Å². The van der Waals surface area contributed by atoms with Gasteiger partial charge in [-0.15, -0.1) is 0 Å². The molecule has 0 radical (unpaired) electrons. The molecule has 0 aliphatic carbocycles. The predicted molar refractivity (Wildman–Crippen MR) is 90.0 cm³/mol. The van der Waals surface area contributed by atoms with Crippen molar-refractivity contribution in [1.29, 1.82) is 5.26 Å². The van der Waals surface area contributed by atoms with Crippen LogP contribution >= 0.6 is 0 Å². The van der Waals surface area contributed by atoms with Crippen molar-refractivity contribution in [2.24, 2.45) is 0 Å². The molecule has 0 heterocycles. The van der Waals surface area contributed by atoms with E-state index in [4.69, 9.17) is 5.26 Å². The second kappa shape index (κ2) is 20.4. The van der Waals surface area contributed by atoms with Gasteiger partial charge in [-0.2, -0.15) is 0 Å². The quantitative estimate of drug-likeness (QED) is 0.159. The van der Waals surface area contributed by atoms with E-state index in [0.717, 1.165) is 0 Å². The van der Waals surface area contributed by atoms with E-state index in [-0.39, 0.29) is 0 Å². The fourth-order valence-electron chi connectivity index (χ4n) is 2.93. The molecule has 0 spiro atoms. The Morgan fingerprint density at radius 3 is 1.24 bits per heavy atom. The molecule has 0 aliphatic heterocycles. The summed E-state index contributed by atoms with van der Waals surface area (Å²) in [5.41, 5.74) is 0. The van der Waals surface area contributed by atoms with Gasteiger partial charge in [-0.3, -0.25) is 0 Å². The van der Waals surface area contributed by atoms with E-state index in [9.17, 15) is 0 Å². The first-order valence-corrected chi connectivity index (χ1v) is 16.4. The number of rotatable bonds is 17. The topological polar surface area (TPSA) is 23.8 Å². The van der Waals surface area contributed by atoms with Crippen molar-refractivity contribution in [2.75, 3.05) is 0 Å². The Morgan fingerprint density at radius 1 is 0.571 bits per heavy atom. The molecule has 0 aromatic heterocycles. The van der Waals surface area contributed by atoms with E-state index in [1.807, 2.05) is 0 Å². The van der Waals surface area contributed by atoms with Gasteiger partial charge in [0.25, 0.3) is 0 Å². The van der Waals surface area contributed by atoms with Crippen molar-refractivity contribution in [2.45, 2.75) is 114 Å². The molecule has 0 rings (SSSR count). The summed E-state index contributed by atoms with van der Waals surface area (Å²) in [5.74, 6) is 0. The van der Waals surface area contributed by atoms with E-state index in [1.165, 1.54) is 107 Å². The van der Waals surface area contributed by atoms with Gasteiger partial charge in [0.1, 0.15) is 0 Å². The number of hydrogen-bond donors (Lipinski definition) is 0. The molecule has 0 saturated heterocycles. The van der Waals surface area contributed by atoms with Crippen LogP contribution < -0.4 is 0 Å². The van der Waals surface area contributed by atoms with Crippen LogP contribution in [0, 0.1) is 8.84 Å². The van der Waals surface area contributed by atoms with Gasteiger partial charge in [0.2, 0.25) is 0 Å². The Morgan fingerprint density at radius 2 is 0.905 bits per heavy atom. The fourth-order valence-corrected chi connectivity index (χ4v) is 5.89. The summed E-state index contributed by atoms with van der Waals surface area (Å²) < 4.78 is 3.77. The van der Waals surface area contributed by atoms with Crippen LogP contribution in [0.4, 0.5) is 0 Å². The Labute approximate surface area is 146 Å². The Hall–Kier alpha value is 0.425. The first-order valence-electron chi connectivity index (χ1n) is 9.78. The first-order chi connectivity index (χ1) is 10.4. The van der Waals surface area contributed by atoms with Gasteiger partial charge in [-0.25, -0.2) is 0 Å². The second-order valence-electron chi connectivity index (χ2n) is 6.56. The van der Waals surface area contributed by atoms with Crippen LogP contribution in [0.25, 0.3) is 0 Å². The summed E-state index contributed by atoms with van der Waals surface area (Å²) in [6.45, 7) is 2.29. The van der Waals surface area contributed by atoms with Crippen molar-refractivity contribution < 1.29 is 24.6 Å². The van der Waals surface area contributed by atoms with Crippen molar-refractivity contribution in [3.63, 3.8) is 0 Å². The number of nitrogens with zero attached hydrogens (tertiary/aromatic N) is 1. The van der Waals surface area contributed by atoms with Crippen LogP contribution in [0.15, 0.2) is 0 Å². The maximum absolute atomic E-state index is 8.54. The molecule has 2 heteroatoms. The Bertz CT molecular complexity index is 222. The van der Waals surface area contributed by atoms with Gasteiger partial charge in [-0.05, 0) is 0 Å². The van der Waals surface area contributed by atoms with E-state index < -0.39 is 24.6 Å². The summed E-state index contributed by atoms with van der Waals surface area (Å²) in [6.07, 6.45) is 23.0. The van der Waals surface area contributed by atoms with Crippen molar-refractivity contribution in [3.05, 3.63) is 0 Å². The van der Waals surface area contributed by atoms with E-state index in [0.29, 0.717) is 0 Å². The maximum atomic E-state index is 8.54. The molecule has 1 nitrogen and oxygen atoms in total. The van der Waals surface area contributed by atoms with Crippen LogP contribution in [-0.4, -0.2) is 0 Å². The third-order valence-corrected chi connectivity index (χ3v) is 8.58. The third kappa shape index (κ3) is 20.4. The summed E-state index contributed by atoms with van der Waals surface area (Å²) in [6, 6.07) is 0. The van der Waals surface area contributed by atoms with E-state index in [1.54, 1.807) is 0 Å². The molecule has 0 aromatic rings. The van der Waals surface area contributed by atoms with Gasteiger partial charge in [-0.1, -0.05) is 39.0 Å². The first kappa shape index (κ1) is 21.4. The Kier molecular flexibility index (Phi) is 20.8. The van der Waals surface area contributed by atoms with Gasteiger partial charge in [0.15, 0.2) is 0 Å². The van der Waals surface area contributed by atoms with Gasteiger partial charge in [0, 0.05) is 0 Å². The molecule has 0 unspecified atom stereocenters. The molecule has 0 N–H and O–H groups in total. The monoisotopic (exact) mass is 481 g/mol. The average molecular weight is 480 g/mol. The molecule has 0 aliphatic rings. The van der Waals surface area contributed by atoms with Crippen LogP contribution in [0.5, 0.6) is 0 Å². The fraction of sp³-hybridized carbons (Fsp3) is 0.947. The van der Waals surface area contributed by atoms with Crippen LogP contribution in [0.3, 0.4) is 0 Å². The molecule has 21 heavy (non-hydrogen) atoms. The average Bonchev–Trinajstić information content (AvgIpc) is 2.50. The SMILES string of the molecule is CCCCCCCCCCCCCCCCC[CH2][Hg][C]#N. The van der Waals surface area contributed by atoms with Crippen molar-refractivity contribution in [1.82, 2.24) is 0 Å². The molecule has 0 saturated carbocycles. The summed E-state index contributed by atoms with van der Waals surface area (Å²) in [5, 5.41) is 8.54. The summed E-state index contributed by atoms with van der Waals surface area (Å²) in [7, 11) is 0. The predicted octanol–water partition coefficient (Wildman–Crippen LogP) is 7.23. The van der Waals surface area contributed by atoms with E-state index in [2.05, 4.69) is 10.5 Å². The third-order valence-electron chi connectivity index (χ3n) is 4.39. The number of nitriles is 1. The van der Waals surface area contributed by atoms with Crippen molar-refractivity contribution in [3.8, 4) is 3.58 Å². The van der Waals surface area contributed by atoms with Crippen LogP contribution in [-0.2, 0) is 24.6 Å². The molecule has 0 bridgehead atoms. The minimum atomic E-state index is -0.989. The zero-order valence-corrected chi connectivity index (χ0v) is 20.2. The zero-order chi connectivity index (χ0) is 15.4. The van der Waals surface area contributed by atoms with Gasteiger partial charge in [0.05, 0.1) is 0 Å². The summed E-state index contributed by atoms with van der Waals surface area (Å²) >= 11 is -0.989. The second-order valence-corrected chi connectivity index (χ2v) is 12.5. The van der Waals surface area contributed by atoms with Gasteiger partial charge < -0.3 is 0 Å². The van der Waals surface area contributed by atoms with Crippen molar-refractivity contribution >= 4 is 0 Å². The minimum absolute atomic E-state index is 0.989. The molecular formula is C19H37HgN. The van der Waals surface area contributed by atoms with E-state index >= 15 is 0 Å². The molecular weight excluding hydrogens is 443 g/mol. The van der Waals surface area contributed by atoms with Gasteiger partial charge >= 0.3 is 108 Å². The Balaban J connectivity index is 2.92. The standard InChI is InChI=1S/C18H37.CN.Hg/c1-3-5-7-9-11-13-15-17-18-16-14-12-10-8-6-4-2;1-2;/h1,3-18H2,2H3;;. The summed E-state index contributed by atoms with van der Waals surface area (Å²) in [4.78, 5) is 0. The molecule has 0 atom stereocenters.